The van der Waals surface area contributed by atoms with E-state index in [1.54, 1.807) is 7.11 Å². The Morgan fingerprint density at radius 2 is 1.81 bits per heavy atom. The minimum atomic E-state index is 0.158. The van der Waals surface area contributed by atoms with Crippen molar-refractivity contribution < 1.29 is 4.74 Å². The van der Waals surface area contributed by atoms with E-state index in [1.165, 1.54) is 5.01 Å². The summed E-state index contributed by atoms with van der Waals surface area (Å²) >= 11 is 0. The number of hydrogen-bond acceptors (Lipinski definition) is 3. The second-order valence-corrected chi connectivity index (χ2v) is 3.59. The number of hydrogen-bond donors (Lipinski definition) is 0. The first kappa shape index (κ1) is 12.5. The average molecular weight is 222 g/mol. The number of anilines is 1. The number of ether oxygens (including phenoxy) is 1. The summed E-state index contributed by atoms with van der Waals surface area (Å²) in [6.45, 7) is 4.10. The van der Waals surface area contributed by atoms with Gasteiger partial charge >= 0.3 is 0 Å². The zero-order chi connectivity index (χ0) is 12.0. The van der Waals surface area contributed by atoms with Gasteiger partial charge in [-0.15, -0.1) is 4.91 Å². The van der Waals surface area contributed by atoms with Gasteiger partial charge in [0.2, 0.25) is 0 Å². The van der Waals surface area contributed by atoms with E-state index in [-0.39, 0.29) is 6.04 Å². The minimum Gasteiger partial charge on any atom is -0.497 e. The fourth-order valence-electron chi connectivity index (χ4n) is 1.69. The van der Waals surface area contributed by atoms with E-state index >= 15 is 0 Å². The molecule has 0 radical (unpaired) electrons. The number of benzene rings is 1. The molecule has 0 amide bonds. The molecule has 0 N–H and O–H groups in total. The monoisotopic (exact) mass is 222 g/mol. The predicted octanol–water partition coefficient (Wildman–Crippen LogP) is 3.37. The van der Waals surface area contributed by atoms with Crippen molar-refractivity contribution in [1.29, 1.82) is 0 Å². The molecule has 0 fully saturated rings. The maximum absolute atomic E-state index is 10.9. The molecule has 0 bridgehead atoms. The molecule has 1 rings (SSSR count). The van der Waals surface area contributed by atoms with Crippen LogP contribution in [0.4, 0.5) is 5.69 Å². The van der Waals surface area contributed by atoms with Crippen molar-refractivity contribution in [2.75, 3.05) is 12.1 Å². The summed E-state index contributed by atoms with van der Waals surface area (Å²) < 4.78 is 5.07. The molecule has 0 aliphatic rings. The Hall–Kier alpha value is -1.58. The first-order valence-corrected chi connectivity index (χ1v) is 5.53. The second-order valence-electron chi connectivity index (χ2n) is 3.59. The first-order chi connectivity index (χ1) is 7.76. The van der Waals surface area contributed by atoms with Gasteiger partial charge in [0, 0.05) is 0 Å². The molecule has 1 aromatic rings. The summed E-state index contributed by atoms with van der Waals surface area (Å²) in [6.07, 6.45) is 1.79. The number of nitrogens with zero attached hydrogens (tertiary/aromatic N) is 2. The van der Waals surface area contributed by atoms with Crippen molar-refractivity contribution in [2.45, 2.75) is 32.7 Å². The Labute approximate surface area is 96.2 Å². The molecule has 0 saturated carbocycles. The van der Waals surface area contributed by atoms with E-state index in [1.807, 2.05) is 24.3 Å². The molecule has 1 aromatic carbocycles. The van der Waals surface area contributed by atoms with Crippen LogP contribution >= 0.6 is 0 Å². The van der Waals surface area contributed by atoms with Crippen LogP contribution in [0.2, 0.25) is 0 Å². The molecular formula is C12H18N2O2. The Bertz CT molecular complexity index is 320. The van der Waals surface area contributed by atoms with Crippen molar-refractivity contribution in [3.8, 4) is 5.75 Å². The summed E-state index contributed by atoms with van der Waals surface area (Å²) in [5.74, 6) is 0.777. The SMILES string of the molecule is CCC(CC)N(N=O)c1ccc(OC)cc1. The highest BCUT2D eigenvalue weighted by Crippen LogP contribution is 2.23. The van der Waals surface area contributed by atoms with Crippen LogP contribution in [0.5, 0.6) is 5.75 Å². The molecule has 0 atom stereocenters. The van der Waals surface area contributed by atoms with E-state index in [0.29, 0.717) is 0 Å². The van der Waals surface area contributed by atoms with Gasteiger partial charge in [-0.05, 0) is 37.1 Å². The van der Waals surface area contributed by atoms with Gasteiger partial charge < -0.3 is 4.74 Å². The Kier molecular flexibility index (Phi) is 4.76. The van der Waals surface area contributed by atoms with Crippen LogP contribution in [-0.4, -0.2) is 13.2 Å². The molecule has 88 valence electrons. The predicted molar refractivity (Wildman–Crippen MR) is 65.6 cm³/mol. The van der Waals surface area contributed by atoms with Gasteiger partial charge in [-0.1, -0.05) is 13.8 Å². The molecule has 0 aromatic heterocycles. The van der Waals surface area contributed by atoms with E-state index < -0.39 is 0 Å². The maximum atomic E-state index is 10.9. The van der Waals surface area contributed by atoms with Crippen LogP contribution in [0.25, 0.3) is 0 Å². The summed E-state index contributed by atoms with van der Waals surface area (Å²) in [5.41, 5.74) is 0.810. The van der Waals surface area contributed by atoms with Gasteiger partial charge in [-0.3, -0.25) is 0 Å². The molecule has 16 heavy (non-hydrogen) atoms. The normalized spacial score (nSPS) is 10.2. The minimum absolute atomic E-state index is 0.158. The maximum Gasteiger partial charge on any atom is 0.119 e. The van der Waals surface area contributed by atoms with Gasteiger partial charge in [0.25, 0.3) is 0 Å². The average Bonchev–Trinajstić information content (AvgIpc) is 2.36. The summed E-state index contributed by atoms with van der Waals surface area (Å²) in [5, 5.41) is 4.63. The van der Waals surface area contributed by atoms with E-state index in [0.717, 1.165) is 24.3 Å². The fourth-order valence-corrected chi connectivity index (χ4v) is 1.69. The lowest BCUT2D eigenvalue weighted by Gasteiger charge is -2.24. The summed E-state index contributed by atoms with van der Waals surface area (Å²) in [6, 6.07) is 7.51. The lowest BCUT2D eigenvalue weighted by molar-refractivity contribution is 0.414. The van der Waals surface area contributed by atoms with Gasteiger partial charge in [-0.25, -0.2) is 5.01 Å². The van der Waals surface area contributed by atoms with Crippen molar-refractivity contribution in [1.82, 2.24) is 0 Å². The molecule has 4 nitrogen and oxygen atoms in total. The van der Waals surface area contributed by atoms with Crippen LogP contribution in [0, 0.1) is 4.91 Å². The zero-order valence-electron chi connectivity index (χ0n) is 10.0. The lowest BCUT2D eigenvalue weighted by atomic mass is 10.1. The molecule has 4 heteroatoms. The largest absolute Gasteiger partial charge is 0.497 e. The standard InChI is InChI=1S/C12H18N2O2/c1-4-10(5-2)14(13-15)11-6-8-12(16-3)9-7-11/h6-10H,4-5H2,1-3H3. The van der Waals surface area contributed by atoms with Crippen molar-refractivity contribution in [2.24, 2.45) is 5.29 Å². The molecule has 0 spiro atoms. The highest BCUT2D eigenvalue weighted by Gasteiger charge is 2.16. The smallest absolute Gasteiger partial charge is 0.119 e. The topological polar surface area (TPSA) is 41.9 Å². The molecule has 0 saturated heterocycles. The van der Waals surface area contributed by atoms with Crippen LogP contribution in [0.1, 0.15) is 26.7 Å². The Morgan fingerprint density at radius 3 is 2.19 bits per heavy atom. The number of rotatable bonds is 6. The van der Waals surface area contributed by atoms with Crippen LogP contribution in [0.3, 0.4) is 0 Å². The van der Waals surface area contributed by atoms with Gasteiger partial charge in [0.05, 0.1) is 24.1 Å². The molecular weight excluding hydrogens is 204 g/mol. The Morgan fingerprint density at radius 1 is 1.25 bits per heavy atom. The third kappa shape index (κ3) is 2.72. The van der Waals surface area contributed by atoms with Gasteiger partial charge in [0.1, 0.15) is 5.75 Å². The third-order valence-corrected chi connectivity index (χ3v) is 2.71. The van der Waals surface area contributed by atoms with Crippen LogP contribution in [0.15, 0.2) is 29.6 Å². The number of nitroso groups, excluding NO2 is 1. The van der Waals surface area contributed by atoms with Crippen molar-refractivity contribution >= 4 is 5.69 Å². The van der Waals surface area contributed by atoms with Gasteiger partial charge in [0.15, 0.2) is 0 Å². The quantitative estimate of drug-likeness (QED) is 0.547. The summed E-state index contributed by atoms with van der Waals surface area (Å²) in [4.78, 5) is 10.9. The highest BCUT2D eigenvalue weighted by molar-refractivity contribution is 5.49. The first-order valence-electron chi connectivity index (χ1n) is 5.53. The van der Waals surface area contributed by atoms with Crippen LogP contribution < -0.4 is 9.75 Å². The van der Waals surface area contributed by atoms with E-state index in [9.17, 15) is 4.91 Å². The lowest BCUT2D eigenvalue weighted by Crippen LogP contribution is -2.28. The van der Waals surface area contributed by atoms with Crippen molar-refractivity contribution in [3.05, 3.63) is 29.2 Å². The molecule has 0 heterocycles. The number of methoxy groups -OCH3 is 1. The highest BCUT2D eigenvalue weighted by atomic mass is 16.5. The third-order valence-electron chi connectivity index (χ3n) is 2.71. The molecule has 0 aliphatic heterocycles. The fraction of sp³-hybridized carbons (Fsp3) is 0.500. The second kappa shape index (κ2) is 6.10. The van der Waals surface area contributed by atoms with Crippen LogP contribution in [-0.2, 0) is 0 Å². The molecule has 0 unspecified atom stereocenters. The van der Waals surface area contributed by atoms with E-state index in [2.05, 4.69) is 19.1 Å². The van der Waals surface area contributed by atoms with Gasteiger partial charge in [-0.2, -0.15) is 0 Å². The Balaban J connectivity index is 2.89. The molecule has 0 aliphatic carbocycles. The van der Waals surface area contributed by atoms with E-state index in [4.69, 9.17) is 4.74 Å². The zero-order valence-corrected chi connectivity index (χ0v) is 10.0. The summed E-state index contributed by atoms with van der Waals surface area (Å²) in [7, 11) is 1.62. The van der Waals surface area contributed by atoms with Crippen molar-refractivity contribution in [3.63, 3.8) is 0 Å².